The summed E-state index contributed by atoms with van der Waals surface area (Å²) < 4.78 is 0. The van der Waals surface area contributed by atoms with E-state index in [9.17, 15) is 4.79 Å². The Labute approximate surface area is 79.3 Å². The van der Waals surface area contributed by atoms with Gasteiger partial charge in [0.15, 0.2) is 0 Å². The normalized spacial score (nSPS) is 21.0. The molecule has 0 bridgehead atoms. The summed E-state index contributed by atoms with van der Waals surface area (Å²) in [5.74, 6) is 2.62. The van der Waals surface area contributed by atoms with Crippen LogP contribution in [0.25, 0.3) is 0 Å². The van der Waals surface area contributed by atoms with Crippen LogP contribution in [0.5, 0.6) is 0 Å². The predicted molar refractivity (Wildman–Crippen MR) is 52.0 cm³/mol. The predicted octanol–water partition coefficient (Wildman–Crippen LogP) is 0.124. The summed E-state index contributed by atoms with van der Waals surface area (Å²) in [7, 11) is 0. The molecule has 0 aliphatic carbocycles. The van der Waals surface area contributed by atoms with Gasteiger partial charge in [-0.25, -0.2) is 0 Å². The van der Waals surface area contributed by atoms with Crippen LogP contribution in [0.1, 0.15) is 20.3 Å². The Bertz CT molecular complexity index is 238. The molecule has 72 valence electrons. The van der Waals surface area contributed by atoms with Crippen molar-refractivity contribution in [1.82, 2.24) is 10.6 Å². The zero-order chi connectivity index (χ0) is 9.90. The molecule has 1 saturated heterocycles. The van der Waals surface area contributed by atoms with Crippen molar-refractivity contribution in [2.75, 3.05) is 13.1 Å². The van der Waals surface area contributed by atoms with Gasteiger partial charge in [-0.15, -0.1) is 6.42 Å². The fraction of sp³-hybridized carbons (Fsp3) is 0.700. The summed E-state index contributed by atoms with van der Waals surface area (Å²) in [6.45, 7) is 5.41. The van der Waals surface area contributed by atoms with Crippen molar-refractivity contribution in [3.05, 3.63) is 0 Å². The van der Waals surface area contributed by atoms with Gasteiger partial charge in [0.1, 0.15) is 0 Å². The first-order valence-electron chi connectivity index (χ1n) is 4.60. The van der Waals surface area contributed by atoms with Crippen LogP contribution in [-0.4, -0.2) is 25.0 Å². The molecule has 1 fully saturated rings. The molecule has 3 nitrogen and oxygen atoms in total. The van der Waals surface area contributed by atoms with E-state index in [2.05, 4.69) is 16.6 Å². The number of rotatable bonds is 3. The quantitative estimate of drug-likeness (QED) is 0.606. The van der Waals surface area contributed by atoms with E-state index >= 15 is 0 Å². The van der Waals surface area contributed by atoms with Crippen LogP contribution >= 0.6 is 0 Å². The first-order chi connectivity index (χ1) is 6.12. The molecule has 1 atom stereocenters. The number of hydrogen-bond donors (Lipinski definition) is 2. The van der Waals surface area contributed by atoms with Gasteiger partial charge in [0.2, 0.25) is 5.91 Å². The summed E-state index contributed by atoms with van der Waals surface area (Å²) in [4.78, 5) is 11.6. The van der Waals surface area contributed by atoms with E-state index in [4.69, 9.17) is 6.42 Å². The second kappa shape index (κ2) is 3.80. The lowest BCUT2D eigenvalue weighted by atomic mass is 9.83. The smallest absolute Gasteiger partial charge is 0.229 e. The maximum absolute atomic E-state index is 11.6. The molecule has 0 aromatic carbocycles. The zero-order valence-corrected chi connectivity index (χ0v) is 8.18. The van der Waals surface area contributed by atoms with Gasteiger partial charge in [-0.3, -0.25) is 4.79 Å². The van der Waals surface area contributed by atoms with E-state index in [0.717, 1.165) is 19.5 Å². The molecule has 0 saturated carbocycles. The Kier molecular flexibility index (Phi) is 2.94. The average molecular weight is 180 g/mol. The van der Waals surface area contributed by atoms with Gasteiger partial charge in [-0.2, -0.15) is 0 Å². The van der Waals surface area contributed by atoms with Gasteiger partial charge in [0, 0.05) is 13.1 Å². The van der Waals surface area contributed by atoms with Crippen LogP contribution in [0.3, 0.4) is 0 Å². The third-order valence-corrected chi connectivity index (χ3v) is 2.49. The lowest BCUT2D eigenvalue weighted by Crippen LogP contribution is -2.60. The summed E-state index contributed by atoms with van der Waals surface area (Å²) in [5, 5.41) is 5.92. The summed E-state index contributed by atoms with van der Waals surface area (Å²) in [6, 6.07) is -0.120. The molecule has 1 amide bonds. The van der Waals surface area contributed by atoms with Crippen LogP contribution in [0.2, 0.25) is 0 Å². The highest BCUT2D eigenvalue weighted by Crippen LogP contribution is 2.21. The SMILES string of the molecule is C#CC(CC)NC(=O)C1(C)CNC1. The van der Waals surface area contributed by atoms with Crippen molar-refractivity contribution in [2.45, 2.75) is 26.3 Å². The van der Waals surface area contributed by atoms with Gasteiger partial charge in [0.05, 0.1) is 11.5 Å². The molecule has 1 aliphatic rings. The second-order valence-corrected chi connectivity index (χ2v) is 3.77. The standard InChI is InChI=1S/C10H16N2O/c1-4-8(5-2)12-9(13)10(3)6-11-7-10/h1,8,11H,5-7H2,2-3H3,(H,12,13). The molecule has 0 spiro atoms. The van der Waals surface area contributed by atoms with Crippen LogP contribution in [-0.2, 0) is 4.79 Å². The monoisotopic (exact) mass is 180 g/mol. The minimum atomic E-state index is -0.246. The van der Waals surface area contributed by atoms with Gasteiger partial charge in [-0.05, 0) is 13.3 Å². The fourth-order valence-corrected chi connectivity index (χ4v) is 1.25. The van der Waals surface area contributed by atoms with Crippen LogP contribution < -0.4 is 10.6 Å². The van der Waals surface area contributed by atoms with E-state index in [-0.39, 0.29) is 17.4 Å². The summed E-state index contributed by atoms with van der Waals surface area (Å²) in [5.41, 5.74) is -0.246. The number of nitrogens with one attached hydrogen (secondary N) is 2. The van der Waals surface area contributed by atoms with Crippen LogP contribution in [0, 0.1) is 17.8 Å². The number of carbonyl (C=O) groups is 1. The molecule has 1 rings (SSSR count). The summed E-state index contributed by atoms with van der Waals surface area (Å²) in [6.07, 6.45) is 6.04. The molecule has 2 N–H and O–H groups in total. The molecule has 0 aromatic heterocycles. The van der Waals surface area contributed by atoms with Crippen LogP contribution in [0.15, 0.2) is 0 Å². The lowest BCUT2D eigenvalue weighted by molar-refractivity contribution is -0.133. The molecular weight excluding hydrogens is 164 g/mol. The highest BCUT2D eigenvalue weighted by molar-refractivity contribution is 5.84. The minimum absolute atomic E-state index is 0.0658. The van der Waals surface area contributed by atoms with Gasteiger partial charge in [-0.1, -0.05) is 12.8 Å². The Morgan fingerprint density at radius 3 is 2.69 bits per heavy atom. The molecule has 0 aromatic rings. The van der Waals surface area contributed by atoms with Gasteiger partial charge in [0.25, 0.3) is 0 Å². The van der Waals surface area contributed by atoms with Crippen LogP contribution in [0.4, 0.5) is 0 Å². The number of hydrogen-bond acceptors (Lipinski definition) is 2. The highest BCUT2D eigenvalue weighted by atomic mass is 16.2. The summed E-state index contributed by atoms with van der Waals surface area (Å²) >= 11 is 0. The molecule has 0 radical (unpaired) electrons. The maximum Gasteiger partial charge on any atom is 0.229 e. The Morgan fingerprint density at radius 2 is 2.38 bits per heavy atom. The topological polar surface area (TPSA) is 41.1 Å². The molecule has 1 aliphatic heterocycles. The van der Waals surface area contributed by atoms with E-state index in [0.29, 0.717) is 0 Å². The second-order valence-electron chi connectivity index (χ2n) is 3.77. The Hall–Kier alpha value is -1.01. The molecular formula is C10H16N2O. The number of terminal acetylenes is 1. The largest absolute Gasteiger partial charge is 0.342 e. The van der Waals surface area contributed by atoms with E-state index in [1.54, 1.807) is 0 Å². The molecule has 13 heavy (non-hydrogen) atoms. The van der Waals surface area contributed by atoms with E-state index in [1.165, 1.54) is 0 Å². The van der Waals surface area contributed by atoms with Gasteiger partial charge >= 0.3 is 0 Å². The third-order valence-electron chi connectivity index (χ3n) is 2.49. The third kappa shape index (κ3) is 2.02. The maximum atomic E-state index is 11.6. The first kappa shape index (κ1) is 10.1. The highest BCUT2D eigenvalue weighted by Gasteiger charge is 2.39. The number of amides is 1. The molecule has 1 unspecified atom stereocenters. The van der Waals surface area contributed by atoms with E-state index < -0.39 is 0 Å². The van der Waals surface area contributed by atoms with Crippen molar-refractivity contribution in [3.8, 4) is 12.3 Å². The first-order valence-corrected chi connectivity index (χ1v) is 4.60. The van der Waals surface area contributed by atoms with Crippen molar-refractivity contribution in [1.29, 1.82) is 0 Å². The molecule has 3 heteroatoms. The number of carbonyl (C=O) groups excluding carboxylic acids is 1. The van der Waals surface area contributed by atoms with Crippen molar-refractivity contribution in [3.63, 3.8) is 0 Å². The fourth-order valence-electron chi connectivity index (χ4n) is 1.25. The lowest BCUT2D eigenvalue weighted by Gasteiger charge is -2.38. The van der Waals surface area contributed by atoms with Gasteiger partial charge < -0.3 is 10.6 Å². The zero-order valence-electron chi connectivity index (χ0n) is 8.18. The average Bonchev–Trinajstić information content (AvgIpc) is 2.09. The Morgan fingerprint density at radius 1 is 1.77 bits per heavy atom. The van der Waals surface area contributed by atoms with Crippen molar-refractivity contribution in [2.24, 2.45) is 5.41 Å². The Balaban J connectivity index is 2.45. The molecule has 1 heterocycles. The van der Waals surface area contributed by atoms with E-state index in [1.807, 2.05) is 13.8 Å². The minimum Gasteiger partial charge on any atom is -0.342 e. The van der Waals surface area contributed by atoms with Crippen molar-refractivity contribution >= 4 is 5.91 Å². The van der Waals surface area contributed by atoms with Crippen molar-refractivity contribution < 1.29 is 4.79 Å².